The average Bonchev–Trinajstić information content (AvgIpc) is 3.92. The number of rotatable bonds is 7. The van der Waals surface area contributed by atoms with Gasteiger partial charge in [0, 0.05) is 54.8 Å². The molecule has 0 bridgehead atoms. The molecule has 1 aliphatic rings. The van der Waals surface area contributed by atoms with Crippen molar-refractivity contribution in [2.75, 3.05) is 0 Å². The van der Waals surface area contributed by atoms with E-state index in [4.69, 9.17) is 29.4 Å². The molecule has 0 atom stereocenters. The number of hydrogen-bond donors (Lipinski definition) is 1. The molecule has 0 unspecified atom stereocenters. The summed E-state index contributed by atoms with van der Waals surface area (Å²) < 4.78 is 8.39. The Labute approximate surface area is 395 Å². The first kappa shape index (κ1) is 39.2. The quantitative estimate of drug-likeness (QED) is 0.127. The van der Waals surface area contributed by atoms with Gasteiger partial charge in [0.1, 0.15) is 30.2 Å². The molecule has 1 aliphatic heterocycles. The number of aromatic amines is 1. The molecule has 4 heterocycles. The molecule has 1 N–H and O–H groups in total. The SMILES string of the molecule is [U+2].[c-]1cc(C2=NC(c3ccc4c(c3)[nH]c3ccccc34)=IC(c3ccc4c(c3)oc3ccccc34)=N2)ccc1-c1[c-]cc(-c2nc(-c3ccccc3)nc(-c3ccccc3)n2)cc1. The number of nitrogens with one attached hydrogen (secondary N) is 1. The van der Waals surface area contributed by atoms with Crippen LogP contribution in [0.4, 0.5) is 0 Å². The summed E-state index contributed by atoms with van der Waals surface area (Å²) in [6.45, 7) is 0. The Morgan fingerprint density at radius 2 is 0.984 bits per heavy atom. The summed E-state index contributed by atoms with van der Waals surface area (Å²) in [4.78, 5) is 28.8. The number of hydrogen-bond acceptors (Lipinski definition) is 6. The largest absolute Gasteiger partial charge is 2.00 e. The first-order valence-corrected chi connectivity index (χ1v) is 22.4. The van der Waals surface area contributed by atoms with Gasteiger partial charge in [0.2, 0.25) is 0 Å². The summed E-state index contributed by atoms with van der Waals surface area (Å²) in [6, 6.07) is 68.8. The van der Waals surface area contributed by atoms with E-state index in [9.17, 15) is 0 Å². The Morgan fingerprint density at radius 3 is 1.68 bits per heavy atom. The number of aliphatic imine (C=N–C) groups is 2. The van der Waals surface area contributed by atoms with Crippen LogP contribution < -0.4 is 0 Å². The van der Waals surface area contributed by atoms with Crippen molar-refractivity contribution in [1.29, 1.82) is 0 Å². The molecule has 8 aromatic carbocycles. The van der Waals surface area contributed by atoms with E-state index < -0.39 is 20.7 Å². The molecule has 0 aliphatic carbocycles. The van der Waals surface area contributed by atoms with Crippen LogP contribution in [-0.2, 0) is 0 Å². The molecule has 11 aromatic rings. The Hall–Kier alpha value is -6.64. The van der Waals surface area contributed by atoms with Gasteiger partial charge in [-0.25, -0.2) is 36.1 Å². The van der Waals surface area contributed by atoms with E-state index in [1.807, 2.05) is 103 Å². The minimum absolute atomic E-state index is 0. The van der Waals surface area contributed by atoms with E-state index in [2.05, 4.69) is 96.0 Å². The second-order valence-electron chi connectivity index (χ2n) is 15.0. The summed E-state index contributed by atoms with van der Waals surface area (Å²) in [7, 11) is 0. The normalized spacial score (nSPS) is 12.7. The zero-order valence-electron chi connectivity index (χ0n) is 33.3. The van der Waals surface area contributed by atoms with Crippen LogP contribution in [0.2, 0.25) is 0 Å². The van der Waals surface area contributed by atoms with Gasteiger partial charge in [-0.2, -0.15) is 24.3 Å². The predicted octanol–water partition coefficient (Wildman–Crippen LogP) is 13.0. The van der Waals surface area contributed by atoms with Gasteiger partial charge in [0.15, 0.2) is 11.6 Å². The number of para-hydroxylation sites is 2. The Balaban J connectivity index is 0.00000444. The molecule has 0 radical (unpaired) electrons. The maximum absolute atomic E-state index is 6.32. The topological polar surface area (TPSA) is 92.3 Å². The van der Waals surface area contributed by atoms with Gasteiger partial charge in [0.05, 0.1) is 0 Å². The van der Waals surface area contributed by atoms with Crippen LogP contribution in [-0.4, -0.2) is 33.1 Å². The number of fused-ring (bicyclic) bond motifs is 6. The van der Waals surface area contributed by atoms with Crippen molar-refractivity contribution in [2.24, 2.45) is 9.98 Å². The summed E-state index contributed by atoms with van der Waals surface area (Å²) in [5.74, 6) is 2.48. The molecular weight excluding hydrogens is 1110 g/mol. The van der Waals surface area contributed by atoms with E-state index >= 15 is 0 Å². The predicted molar refractivity (Wildman–Crippen MR) is 260 cm³/mol. The number of aromatic nitrogens is 4. The molecule has 0 amide bonds. The van der Waals surface area contributed by atoms with E-state index in [1.54, 1.807) is 0 Å². The van der Waals surface area contributed by atoms with Crippen molar-refractivity contribution in [3.63, 3.8) is 0 Å². The van der Waals surface area contributed by atoms with E-state index in [1.165, 1.54) is 10.8 Å². The molecule has 7 nitrogen and oxygen atoms in total. The minimum atomic E-state index is -0.759. The first-order chi connectivity index (χ1) is 30.7. The summed E-state index contributed by atoms with van der Waals surface area (Å²) in [5, 5.41) is 4.62. The third-order valence-corrected chi connectivity index (χ3v) is 13.8. The van der Waals surface area contributed by atoms with Gasteiger partial charge in [-0.15, -0.1) is 24.3 Å². The van der Waals surface area contributed by atoms with Crippen molar-refractivity contribution >= 4 is 77.7 Å². The maximum Gasteiger partial charge on any atom is 2.00 e. The molecule has 9 heteroatoms. The van der Waals surface area contributed by atoms with Gasteiger partial charge in [-0.05, 0) is 51.1 Å². The average molecular weight is 1140 g/mol. The van der Waals surface area contributed by atoms with Crippen molar-refractivity contribution in [1.82, 2.24) is 19.9 Å². The fraction of sp³-hybridized carbons (Fsp3) is 0. The van der Waals surface area contributed by atoms with Crippen molar-refractivity contribution in [2.45, 2.75) is 0 Å². The van der Waals surface area contributed by atoms with Crippen LogP contribution >= 0.6 is 20.7 Å². The number of nitrogens with zero attached hydrogens (tertiary/aromatic N) is 5. The smallest absolute Gasteiger partial charge is 0.456 e. The molecule has 12 rings (SSSR count). The Kier molecular flexibility index (Phi) is 10.3. The van der Waals surface area contributed by atoms with Crippen molar-refractivity contribution in [3.8, 4) is 45.3 Å². The number of furan rings is 1. The number of halogens is 1. The van der Waals surface area contributed by atoms with E-state index in [0.29, 0.717) is 23.3 Å². The zero-order chi connectivity index (χ0) is 41.0. The van der Waals surface area contributed by atoms with Crippen LogP contribution in [0.25, 0.3) is 89.0 Å². The fourth-order valence-corrected chi connectivity index (χ4v) is 10.4. The van der Waals surface area contributed by atoms with E-state index in [-0.39, 0.29) is 31.1 Å². The van der Waals surface area contributed by atoms with Gasteiger partial charge < -0.3 is 9.40 Å². The Bertz CT molecular complexity index is 3440. The third-order valence-electron chi connectivity index (χ3n) is 11.1. The van der Waals surface area contributed by atoms with Gasteiger partial charge in [0.25, 0.3) is 0 Å². The van der Waals surface area contributed by atoms with Gasteiger partial charge >= 0.3 is 31.1 Å². The summed E-state index contributed by atoms with van der Waals surface area (Å²) in [6.07, 6.45) is 0. The van der Waals surface area contributed by atoms with Crippen LogP contribution in [0.15, 0.2) is 196 Å². The third kappa shape index (κ3) is 7.46. The zero-order valence-corrected chi connectivity index (χ0v) is 39.7. The van der Waals surface area contributed by atoms with Gasteiger partial charge in [-0.3, -0.25) is 0 Å². The number of benzene rings is 8. The standard InChI is InChI=1S/C54H31IN6O.U/c1-3-11-35(12-4-1)52-59-53(36-13-5-2-6-14-36)61-54(60-52)38-25-21-34(22-26-38)33-19-23-37(24-20-33)51-57-49(39-27-29-42-41-15-7-9-17-45(41)56-46(42)31-39)55-50(58-51)40-28-30-44-43-16-8-10-18-47(43)62-48(44)32-40;/h1-19,21,23-32,56H;/q-2;+2. The Morgan fingerprint density at radius 1 is 0.429 bits per heavy atom. The van der Waals surface area contributed by atoms with Crippen LogP contribution in [0.1, 0.15) is 16.7 Å². The first-order valence-electron chi connectivity index (χ1n) is 20.2. The monoisotopic (exact) mass is 1140 g/mol. The molecule has 0 fully saturated rings. The number of H-pyrrole nitrogens is 1. The molecule has 3 aromatic heterocycles. The summed E-state index contributed by atoms with van der Waals surface area (Å²) >= 11 is -0.759. The molecular formula is C54H31IN6OU. The summed E-state index contributed by atoms with van der Waals surface area (Å²) in [5.41, 5.74) is 11.5. The molecule has 294 valence electrons. The maximum atomic E-state index is 6.32. The van der Waals surface area contributed by atoms with E-state index in [0.717, 1.165) is 84.8 Å². The number of amidine groups is 1. The van der Waals surface area contributed by atoms with Crippen LogP contribution in [0, 0.1) is 43.2 Å². The van der Waals surface area contributed by atoms with Crippen LogP contribution in [0.3, 0.4) is 0 Å². The van der Waals surface area contributed by atoms with Crippen LogP contribution in [0.5, 0.6) is 0 Å². The molecule has 0 spiro atoms. The molecule has 0 saturated carbocycles. The molecule has 63 heavy (non-hydrogen) atoms. The van der Waals surface area contributed by atoms with Crippen molar-refractivity contribution < 1.29 is 35.5 Å². The second kappa shape index (κ2) is 16.6. The van der Waals surface area contributed by atoms with Gasteiger partial charge in [-0.1, -0.05) is 126 Å². The minimum Gasteiger partial charge on any atom is -0.456 e. The van der Waals surface area contributed by atoms with Crippen molar-refractivity contribution in [3.05, 3.63) is 211 Å². The second-order valence-corrected chi connectivity index (χ2v) is 17.6. The molecule has 0 saturated heterocycles. The fourth-order valence-electron chi connectivity index (χ4n) is 7.94.